The van der Waals surface area contributed by atoms with E-state index in [9.17, 15) is 4.79 Å². The first kappa shape index (κ1) is 13.3. The van der Waals surface area contributed by atoms with Crippen molar-refractivity contribution in [2.24, 2.45) is 0 Å². The van der Waals surface area contributed by atoms with Crippen LogP contribution in [0, 0.1) is 0 Å². The average molecular weight is 274 g/mol. The quantitative estimate of drug-likeness (QED) is 0.900. The predicted molar refractivity (Wildman–Crippen MR) is 77.8 cm³/mol. The van der Waals surface area contributed by atoms with E-state index in [1.165, 1.54) is 12.8 Å². The van der Waals surface area contributed by atoms with Crippen LogP contribution in [0.2, 0.25) is 0 Å². The molecule has 1 atom stereocenters. The fraction of sp³-hybridized carbons (Fsp3) is 0.562. The van der Waals surface area contributed by atoms with Crippen LogP contribution >= 0.6 is 0 Å². The normalized spacial score (nSPS) is 21.9. The molecule has 1 aromatic carbocycles. The highest BCUT2D eigenvalue weighted by Crippen LogP contribution is 2.35. The van der Waals surface area contributed by atoms with E-state index in [0.717, 1.165) is 30.6 Å². The molecule has 4 heteroatoms. The number of benzene rings is 1. The number of amides is 2. The molecule has 1 aromatic rings. The van der Waals surface area contributed by atoms with Gasteiger partial charge >= 0.3 is 6.03 Å². The Morgan fingerprint density at radius 1 is 1.25 bits per heavy atom. The fourth-order valence-corrected chi connectivity index (χ4v) is 3.21. The molecule has 3 rings (SSSR count). The number of ether oxygens (including phenoxy) is 1. The van der Waals surface area contributed by atoms with Gasteiger partial charge in [-0.25, -0.2) is 4.79 Å². The summed E-state index contributed by atoms with van der Waals surface area (Å²) in [5.74, 6) is 0.907. The smallest absolute Gasteiger partial charge is 0.317 e. The number of nitrogens with zero attached hydrogens (tertiary/aromatic N) is 1. The number of hydrogen-bond donors (Lipinski definition) is 1. The SMILES string of the molecule is CN(C(=O)NC1CCCC1)C1CCOc2ccccc21. The van der Waals surface area contributed by atoms with Crippen molar-refractivity contribution < 1.29 is 9.53 Å². The topological polar surface area (TPSA) is 41.6 Å². The average Bonchev–Trinajstić information content (AvgIpc) is 2.99. The van der Waals surface area contributed by atoms with Gasteiger partial charge in [0.25, 0.3) is 0 Å². The summed E-state index contributed by atoms with van der Waals surface area (Å²) < 4.78 is 5.66. The highest BCUT2D eigenvalue weighted by Gasteiger charge is 2.28. The Bertz CT molecular complexity index is 483. The second kappa shape index (κ2) is 5.73. The predicted octanol–water partition coefficient (Wildman–Crippen LogP) is 3.09. The molecular formula is C16H22N2O2. The van der Waals surface area contributed by atoms with Crippen LogP contribution in [-0.4, -0.2) is 30.6 Å². The molecule has 2 amide bonds. The van der Waals surface area contributed by atoms with E-state index in [2.05, 4.69) is 11.4 Å². The van der Waals surface area contributed by atoms with Gasteiger partial charge in [0.15, 0.2) is 0 Å². The first-order valence-electron chi connectivity index (χ1n) is 7.51. The van der Waals surface area contributed by atoms with Crippen molar-refractivity contribution in [1.29, 1.82) is 0 Å². The first-order valence-corrected chi connectivity index (χ1v) is 7.51. The number of urea groups is 1. The second-order valence-corrected chi connectivity index (χ2v) is 5.73. The van der Waals surface area contributed by atoms with Crippen LogP contribution in [0.15, 0.2) is 24.3 Å². The van der Waals surface area contributed by atoms with Gasteiger partial charge in [0.05, 0.1) is 12.6 Å². The minimum atomic E-state index is 0.0404. The molecule has 2 aliphatic rings. The van der Waals surface area contributed by atoms with Crippen molar-refractivity contribution in [3.05, 3.63) is 29.8 Å². The largest absolute Gasteiger partial charge is 0.493 e. The summed E-state index contributed by atoms with van der Waals surface area (Å²) in [6, 6.07) is 8.52. The number of fused-ring (bicyclic) bond motifs is 1. The highest BCUT2D eigenvalue weighted by molar-refractivity contribution is 5.75. The highest BCUT2D eigenvalue weighted by atomic mass is 16.5. The number of hydrogen-bond acceptors (Lipinski definition) is 2. The molecular weight excluding hydrogens is 252 g/mol. The van der Waals surface area contributed by atoms with E-state index in [1.807, 2.05) is 30.1 Å². The Kier molecular flexibility index (Phi) is 3.81. The zero-order chi connectivity index (χ0) is 13.9. The number of nitrogens with one attached hydrogen (secondary N) is 1. The zero-order valence-electron chi connectivity index (χ0n) is 12.0. The number of carbonyl (C=O) groups is 1. The maximum Gasteiger partial charge on any atom is 0.317 e. The van der Waals surface area contributed by atoms with Crippen LogP contribution in [-0.2, 0) is 0 Å². The van der Waals surface area contributed by atoms with Crippen LogP contribution in [0.5, 0.6) is 5.75 Å². The molecule has 1 heterocycles. The third-order valence-corrected chi connectivity index (χ3v) is 4.40. The van der Waals surface area contributed by atoms with E-state index in [4.69, 9.17) is 4.74 Å². The third kappa shape index (κ3) is 2.60. The molecule has 1 saturated carbocycles. The lowest BCUT2D eigenvalue weighted by atomic mass is 9.99. The molecule has 0 spiro atoms. The van der Waals surface area contributed by atoms with Crippen LogP contribution in [0.25, 0.3) is 0 Å². The Hall–Kier alpha value is -1.71. The van der Waals surface area contributed by atoms with Crippen LogP contribution < -0.4 is 10.1 Å². The lowest BCUT2D eigenvalue weighted by Crippen LogP contribution is -2.44. The van der Waals surface area contributed by atoms with Crippen molar-refractivity contribution in [3.8, 4) is 5.75 Å². The van der Waals surface area contributed by atoms with Gasteiger partial charge in [-0.1, -0.05) is 31.0 Å². The molecule has 0 saturated heterocycles. The molecule has 4 nitrogen and oxygen atoms in total. The zero-order valence-corrected chi connectivity index (χ0v) is 12.0. The number of rotatable bonds is 2. The minimum Gasteiger partial charge on any atom is -0.493 e. The summed E-state index contributed by atoms with van der Waals surface area (Å²) in [4.78, 5) is 14.2. The fourth-order valence-electron chi connectivity index (χ4n) is 3.21. The summed E-state index contributed by atoms with van der Waals surface area (Å²) in [5, 5.41) is 3.15. The molecule has 108 valence electrons. The Morgan fingerprint density at radius 3 is 2.80 bits per heavy atom. The molecule has 1 fully saturated rings. The van der Waals surface area contributed by atoms with E-state index in [0.29, 0.717) is 12.6 Å². The molecule has 1 unspecified atom stereocenters. The van der Waals surface area contributed by atoms with Crippen LogP contribution in [0.3, 0.4) is 0 Å². The minimum absolute atomic E-state index is 0.0404. The van der Waals surface area contributed by atoms with Crippen molar-refractivity contribution in [2.75, 3.05) is 13.7 Å². The Balaban J connectivity index is 1.70. The van der Waals surface area contributed by atoms with Gasteiger partial charge in [0.1, 0.15) is 5.75 Å². The Labute approximate surface area is 120 Å². The second-order valence-electron chi connectivity index (χ2n) is 5.73. The Morgan fingerprint density at radius 2 is 2.00 bits per heavy atom. The van der Waals surface area contributed by atoms with Gasteiger partial charge in [0, 0.05) is 25.1 Å². The van der Waals surface area contributed by atoms with E-state index in [1.54, 1.807) is 0 Å². The van der Waals surface area contributed by atoms with Gasteiger partial charge in [-0.15, -0.1) is 0 Å². The van der Waals surface area contributed by atoms with Crippen molar-refractivity contribution in [1.82, 2.24) is 10.2 Å². The van der Waals surface area contributed by atoms with Crippen molar-refractivity contribution >= 4 is 6.03 Å². The summed E-state index contributed by atoms with van der Waals surface area (Å²) in [6.07, 6.45) is 5.54. The maximum absolute atomic E-state index is 12.4. The lowest BCUT2D eigenvalue weighted by molar-refractivity contribution is 0.159. The van der Waals surface area contributed by atoms with Gasteiger partial charge in [0.2, 0.25) is 0 Å². The van der Waals surface area contributed by atoms with E-state index in [-0.39, 0.29) is 12.1 Å². The number of para-hydroxylation sites is 1. The van der Waals surface area contributed by atoms with Gasteiger partial charge < -0.3 is 15.0 Å². The maximum atomic E-state index is 12.4. The third-order valence-electron chi connectivity index (χ3n) is 4.40. The molecule has 0 bridgehead atoms. The van der Waals surface area contributed by atoms with Crippen molar-refractivity contribution in [3.63, 3.8) is 0 Å². The molecule has 1 aliphatic heterocycles. The molecule has 1 N–H and O–H groups in total. The van der Waals surface area contributed by atoms with Gasteiger partial charge in [-0.05, 0) is 18.9 Å². The summed E-state index contributed by atoms with van der Waals surface area (Å²) in [7, 11) is 1.89. The molecule has 0 radical (unpaired) electrons. The first-order chi connectivity index (χ1) is 9.75. The van der Waals surface area contributed by atoms with E-state index < -0.39 is 0 Å². The molecule has 0 aromatic heterocycles. The molecule has 20 heavy (non-hydrogen) atoms. The van der Waals surface area contributed by atoms with E-state index >= 15 is 0 Å². The van der Waals surface area contributed by atoms with Gasteiger partial charge in [-0.2, -0.15) is 0 Å². The summed E-state index contributed by atoms with van der Waals surface area (Å²) in [6.45, 7) is 0.669. The summed E-state index contributed by atoms with van der Waals surface area (Å²) in [5.41, 5.74) is 1.11. The number of carbonyl (C=O) groups excluding carboxylic acids is 1. The monoisotopic (exact) mass is 274 g/mol. The standard InChI is InChI=1S/C16H22N2O2/c1-18(16(19)17-12-6-2-3-7-12)14-10-11-20-15-9-5-4-8-13(14)15/h4-5,8-9,12,14H,2-3,6-7,10-11H2,1H3,(H,17,19). The lowest BCUT2D eigenvalue weighted by Gasteiger charge is -2.33. The van der Waals surface area contributed by atoms with Gasteiger partial charge in [-0.3, -0.25) is 0 Å². The summed E-state index contributed by atoms with van der Waals surface area (Å²) >= 11 is 0. The molecule has 1 aliphatic carbocycles. The van der Waals surface area contributed by atoms with Crippen LogP contribution in [0.1, 0.15) is 43.7 Å². The van der Waals surface area contributed by atoms with Crippen molar-refractivity contribution in [2.45, 2.75) is 44.2 Å². The van der Waals surface area contributed by atoms with Crippen LogP contribution in [0.4, 0.5) is 4.79 Å².